The van der Waals surface area contributed by atoms with Crippen molar-refractivity contribution >= 4 is 11.7 Å². The first-order valence-electron chi connectivity index (χ1n) is 5.82. The molecule has 2 aromatic heterocycles. The van der Waals surface area contributed by atoms with Crippen LogP contribution in [0.25, 0.3) is 5.78 Å². The lowest BCUT2D eigenvalue weighted by molar-refractivity contribution is 0.0686. The molecule has 0 aromatic carbocycles. The molecule has 0 aliphatic heterocycles. The number of aromatic nitrogens is 3. The van der Waals surface area contributed by atoms with Crippen LogP contribution in [0.1, 0.15) is 48.3 Å². The molecule has 0 radical (unpaired) electrons. The normalized spacial score (nSPS) is 12.1. The van der Waals surface area contributed by atoms with Gasteiger partial charge in [0.25, 0.3) is 0 Å². The topological polar surface area (TPSA) is 67.5 Å². The van der Waals surface area contributed by atoms with Crippen LogP contribution in [-0.4, -0.2) is 25.4 Å². The molecule has 2 heterocycles. The zero-order valence-electron chi connectivity index (χ0n) is 11.3. The Morgan fingerprint density at radius 2 is 1.89 bits per heavy atom. The molecule has 96 valence electrons. The van der Waals surface area contributed by atoms with Gasteiger partial charge in [-0.1, -0.05) is 20.8 Å². The van der Waals surface area contributed by atoms with Crippen molar-refractivity contribution in [1.29, 1.82) is 0 Å². The Labute approximate surface area is 105 Å². The molecule has 0 fully saturated rings. The lowest BCUT2D eigenvalue weighted by Gasteiger charge is -2.16. The number of imidazole rings is 1. The quantitative estimate of drug-likeness (QED) is 0.839. The van der Waals surface area contributed by atoms with Crippen LogP contribution >= 0.6 is 0 Å². The van der Waals surface area contributed by atoms with Crippen LogP contribution in [0, 0.1) is 13.8 Å². The number of aryl methyl sites for hydroxylation is 2. The minimum absolute atomic E-state index is 0.211. The third-order valence-corrected chi connectivity index (χ3v) is 2.82. The van der Waals surface area contributed by atoms with E-state index in [0.717, 1.165) is 11.4 Å². The Kier molecular flexibility index (Phi) is 2.65. The predicted octanol–water partition coefficient (Wildman–Crippen LogP) is 2.34. The molecule has 5 heteroatoms. The lowest BCUT2D eigenvalue weighted by atomic mass is 9.90. The standard InChI is InChI=1S/C13H17N3O2/c1-7-6-8(2)16-9(11(17)18)10(13(3,4)5)15-12(16)14-7/h6H,1-5H3,(H,17,18). The van der Waals surface area contributed by atoms with Crippen molar-refractivity contribution in [3.8, 4) is 0 Å². The monoisotopic (exact) mass is 247 g/mol. The number of hydrogen-bond donors (Lipinski definition) is 1. The molecule has 0 saturated heterocycles. The largest absolute Gasteiger partial charge is 0.477 e. The highest BCUT2D eigenvalue weighted by atomic mass is 16.4. The lowest BCUT2D eigenvalue weighted by Crippen LogP contribution is -2.18. The van der Waals surface area contributed by atoms with Crippen LogP contribution in [0.3, 0.4) is 0 Å². The third-order valence-electron chi connectivity index (χ3n) is 2.82. The van der Waals surface area contributed by atoms with E-state index in [1.165, 1.54) is 0 Å². The van der Waals surface area contributed by atoms with Gasteiger partial charge in [-0.15, -0.1) is 0 Å². The van der Waals surface area contributed by atoms with Gasteiger partial charge in [-0.3, -0.25) is 4.40 Å². The number of fused-ring (bicyclic) bond motifs is 1. The summed E-state index contributed by atoms with van der Waals surface area (Å²) in [6.07, 6.45) is 0. The number of carboxylic acids is 1. The SMILES string of the molecule is Cc1cc(C)n2c(C(=O)O)c(C(C)(C)C)nc2n1. The second-order valence-corrected chi connectivity index (χ2v) is 5.54. The zero-order chi connectivity index (χ0) is 13.7. The molecule has 0 bridgehead atoms. The van der Waals surface area contributed by atoms with E-state index < -0.39 is 5.97 Å². The first kappa shape index (κ1) is 12.5. The van der Waals surface area contributed by atoms with Crippen LogP contribution in [0.5, 0.6) is 0 Å². The fourth-order valence-electron chi connectivity index (χ4n) is 2.09. The number of hydrogen-bond acceptors (Lipinski definition) is 3. The van der Waals surface area contributed by atoms with Crippen molar-refractivity contribution in [2.45, 2.75) is 40.0 Å². The first-order chi connectivity index (χ1) is 8.21. The van der Waals surface area contributed by atoms with Crippen molar-refractivity contribution in [3.05, 3.63) is 28.8 Å². The summed E-state index contributed by atoms with van der Waals surface area (Å²) < 4.78 is 1.61. The number of aromatic carboxylic acids is 1. The van der Waals surface area contributed by atoms with Crippen LogP contribution in [0.4, 0.5) is 0 Å². The highest BCUT2D eigenvalue weighted by Crippen LogP contribution is 2.26. The second kappa shape index (κ2) is 3.80. The maximum Gasteiger partial charge on any atom is 0.354 e. The number of carboxylic acid groups (broad SMARTS) is 1. The molecular weight excluding hydrogens is 230 g/mol. The summed E-state index contributed by atoms with van der Waals surface area (Å²) in [4.78, 5) is 20.2. The average Bonchev–Trinajstić information content (AvgIpc) is 2.55. The summed E-state index contributed by atoms with van der Waals surface area (Å²) in [7, 11) is 0. The predicted molar refractivity (Wildman–Crippen MR) is 68.1 cm³/mol. The van der Waals surface area contributed by atoms with Gasteiger partial charge in [0.2, 0.25) is 5.78 Å². The van der Waals surface area contributed by atoms with Gasteiger partial charge in [-0.05, 0) is 19.9 Å². The fraction of sp³-hybridized carbons (Fsp3) is 0.462. The van der Waals surface area contributed by atoms with E-state index >= 15 is 0 Å². The third kappa shape index (κ3) is 1.85. The van der Waals surface area contributed by atoms with E-state index in [1.54, 1.807) is 4.40 Å². The Balaban J connectivity index is 2.93. The summed E-state index contributed by atoms with van der Waals surface area (Å²) in [5, 5.41) is 9.42. The number of rotatable bonds is 1. The van der Waals surface area contributed by atoms with Gasteiger partial charge in [0.1, 0.15) is 0 Å². The second-order valence-electron chi connectivity index (χ2n) is 5.54. The average molecular weight is 247 g/mol. The Hall–Kier alpha value is -1.91. The maximum atomic E-state index is 11.5. The summed E-state index contributed by atoms with van der Waals surface area (Å²) >= 11 is 0. The molecule has 2 aromatic rings. The minimum Gasteiger partial charge on any atom is -0.477 e. The summed E-state index contributed by atoms with van der Waals surface area (Å²) in [6.45, 7) is 9.58. The van der Waals surface area contributed by atoms with Crippen LogP contribution in [0.15, 0.2) is 6.07 Å². The maximum absolute atomic E-state index is 11.5. The number of nitrogens with zero attached hydrogens (tertiary/aromatic N) is 3. The van der Waals surface area contributed by atoms with Crippen LogP contribution in [0.2, 0.25) is 0 Å². The van der Waals surface area contributed by atoms with Gasteiger partial charge in [0.05, 0.1) is 5.69 Å². The molecule has 1 N–H and O–H groups in total. The van der Waals surface area contributed by atoms with E-state index in [9.17, 15) is 9.90 Å². The van der Waals surface area contributed by atoms with Gasteiger partial charge in [-0.2, -0.15) is 0 Å². The molecule has 0 aliphatic carbocycles. The summed E-state index contributed by atoms with van der Waals surface area (Å²) in [6, 6.07) is 1.85. The minimum atomic E-state index is -0.971. The van der Waals surface area contributed by atoms with E-state index in [4.69, 9.17) is 0 Å². The van der Waals surface area contributed by atoms with Crippen LogP contribution < -0.4 is 0 Å². The molecule has 0 aliphatic rings. The van der Waals surface area contributed by atoms with Crippen molar-refractivity contribution in [2.24, 2.45) is 0 Å². The van der Waals surface area contributed by atoms with Gasteiger partial charge < -0.3 is 5.11 Å². The summed E-state index contributed by atoms with van der Waals surface area (Å²) in [5.41, 5.74) is 2.11. The molecule has 0 spiro atoms. The van der Waals surface area contributed by atoms with Crippen molar-refractivity contribution < 1.29 is 9.90 Å². The van der Waals surface area contributed by atoms with E-state index in [2.05, 4.69) is 9.97 Å². The molecular formula is C13H17N3O2. The van der Waals surface area contributed by atoms with Gasteiger partial charge in [0.15, 0.2) is 5.69 Å². The van der Waals surface area contributed by atoms with Gasteiger partial charge in [0, 0.05) is 16.8 Å². The molecule has 0 saturated carbocycles. The van der Waals surface area contributed by atoms with Gasteiger partial charge >= 0.3 is 5.97 Å². The number of carbonyl (C=O) groups is 1. The van der Waals surface area contributed by atoms with Crippen molar-refractivity contribution in [2.75, 3.05) is 0 Å². The van der Waals surface area contributed by atoms with Crippen molar-refractivity contribution in [3.63, 3.8) is 0 Å². The smallest absolute Gasteiger partial charge is 0.354 e. The molecule has 2 rings (SSSR count). The fourth-order valence-corrected chi connectivity index (χ4v) is 2.09. The molecule has 5 nitrogen and oxygen atoms in total. The van der Waals surface area contributed by atoms with Crippen LogP contribution in [-0.2, 0) is 5.41 Å². The Morgan fingerprint density at radius 3 is 2.39 bits per heavy atom. The summed E-state index contributed by atoms with van der Waals surface area (Å²) in [5.74, 6) is -0.518. The molecule has 18 heavy (non-hydrogen) atoms. The highest BCUT2D eigenvalue weighted by molar-refractivity contribution is 5.88. The van der Waals surface area contributed by atoms with Gasteiger partial charge in [-0.25, -0.2) is 14.8 Å². The van der Waals surface area contributed by atoms with E-state index in [0.29, 0.717) is 11.5 Å². The van der Waals surface area contributed by atoms with Crippen molar-refractivity contribution in [1.82, 2.24) is 14.4 Å². The Morgan fingerprint density at radius 1 is 1.28 bits per heavy atom. The first-order valence-corrected chi connectivity index (χ1v) is 5.82. The Bertz CT molecular complexity index is 636. The van der Waals surface area contributed by atoms with E-state index in [1.807, 2.05) is 40.7 Å². The highest BCUT2D eigenvalue weighted by Gasteiger charge is 2.28. The van der Waals surface area contributed by atoms with E-state index in [-0.39, 0.29) is 11.1 Å². The molecule has 0 unspecified atom stereocenters. The molecule has 0 amide bonds. The zero-order valence-corrected chi connectivity index (χ0v) is 11.3. The molecule has 0 atom stereocenters.